The fourth-order valence-electron chi connectivity index (χ4n) is 3.14. The van der Waals surface area contributed by atoms with E-state index < -0.39 is 5.91 Å². The molecule has 0 unspecified atom stereocenters. The van der Waals surface area contributed by atoms with Crippen LogP contribution < -0.4 is 10.1 Å². The van der Waals surface area contributed by atoms with Crippen LogP contribution in [0.25, 0.3) is 0 Å². The van der Waals surface area contributed by atoms with Crippen LogP contribution >= 0.6 is 11.6 Å². The minimum Gasteiger partial charge on any atom is -0.489 e. The minimum absolute atomic E-state index is 0.0476. The number of hydrogen-bond acceptors (Lipinski definition) is 5. The van der Waals surface area contributed by atoms with Crippen LogP contribution in [0.3, 0.4) is 0 Å². The van der Waals surface area contributed by atoms with Crippen LogP contribution in [0.1, 0.15) is 33.1 Å². The summed E-state index contributed by atoms with van der Waals surface area (Å²) in [5.74, 6) is 0.491. The molecule has 0 aliphatic heterocycles. The highest BCUT2D eigenvalue weighted by molar-refractivity contribution is 6.30. The molecular formula is C23H20ClFN4O3. The van der Waals surface area contributed by atoms with E-state index in [0.717, 1.165) is 11.3 Å². The van der Waals surface area contributed by atoms with E-state index in [1.807, 2.05) is 31.2 Å². The molecule has 1 N–H and O–H groups in total. The third kappa shape index (κ3) is 4.97. The Balaban J connectivity index is 1.46. The summed E-state index contributed by atoms with van der Waals surface area (Å²) in [6, 6.07) is 14.9. The van der Waals surface area contributed by atoms with Gasteiger partial charge in [-0.1, -0.05) is 28.9 Å². The minimum atomic E-state index is -0.466. The summed E-state index contributed by atoms with van der Waals surface area (Å²) in [6.07, 6.45) is 0. The quantitative estimate of drug-likeness (QED) is 0.417. The van der Waals surface area contributed by atoms with Gasteiger partial charge >= 0.3 is 0 Å². The number of benzene rings is 2. The average molecular weight is 455 g/mol. The summed E-state index contributed by atoms with van der Waals surface area (Å²) in [5.41, 5.74) is 2.47. The number of aromatic nitrogens is 3. The molecule has 1 amide bonds. The predicted molar refractivity (Wildman–Crippen MR) is 117 cm³/mol. The third-order valence-electron chi connectivity index (χ3n) is 4.84. The first-order valence-electron chi connectivity index (χ1n) is 9.83. The normalized spacial score (nSPS) is 10.9. The number of nitrogens with one attached hydrogen (secondary N) is 1. The molecule has 2 aromatic carbocycles. The van der Waals surface area contributed by atoms with E-state index in [1.54, 1.807) is 17.7 Å². The van der Waals surface area contributed by atoms with Crippen LogP contribution in [0, 0.1) is 19.7 Å². The number of aryl methyl sites for hydroxylation is 2. The third-order valence-corrected chi connectivity index (χ3v) is 5.08. The fourth-order valence-corrected chi connectivity index (χ4v) is 3.35. The Kier molecular flexibility index (Phi) is 6.23. The van der Waals surface area contributed by atoms with Gasteiger partial charge in [0.2, 0.25) is 0 Å². The monoisotopic (exact) mass is 454 g/mol. The molecule has 4 aromatic rings. The van der Waals surface area contributed by atoms with Crippen molar-refractivity contribution in [1.82, 2.24) is 14.9 Å². The molecule has 7 nitrogen and oxygen atoms in total. The molecule has 9 heteroatoms. The Bertz CT molecular complexity index is 1250. The number of carbonyl (C=O) groups is 1. The average Bonchev–Trinajstić information content (AvgIpc) is 3.29. The van der Waals surface area contributed by atoms with Crippen LogP contribution in [0.2, 0.25) is 5.02 Å². The zero-order valence-electron chi connectivity index (χ0n) is 17.4. The van der Waals surface area contributed by atoms with E-state index in [4.69, 9.17) is 20.9 Å². The Morgan fingerprint density at radius 1 is 1.19 bits per heavy atom. The Morgan fingerprint density at radius 3 is 2.72 bits per heavy atom. The van der Waals surface area contributed by atoms with Gasteiger partial charge in [0, 0.05) is 16.8 Å². The van der Waals surface area contributed by atoms with Crippen LogP contribution in [-0.2, 0) is 13.2 Å². The highest BCUT2D eigenvalue weighted by Crippen LogP contribution is 2.20. The number of halogens is 2. The van der Waals surface area contributed by atoms with Gasteiger partial charge in [-0.2, -0.15) is 5.10 Å². The largest absolute Gasteiger partial charge is 0.489 e. The zero-order chi connectivity index (χ0) is 22.7. The van der Waals surface area contributed by atoms with Crippen molar-refractivity contribution in [1.29, 1.82) is 0 Å². The second-order valence-corrected chi connectivity index (χ2v) is 7.66. The molecule has 0 saturated carbocycles. The number of rotatable bonds is 7. The summed E-state index contributed by atoms with van der Waals surface area (Å²) in [5, 5.41) is 11.7. The first-order chi connectivity index (χ1) is 15.4. The van der Waals surface area contributed by atoms with E-state index in [9.17, 15) is 9.18 Å². The van der Waals surface area contributed by atoms with Gasteiger partial charge in [-0.3, -0.25) is 9.48 Å². The van der Waals surface area contributed by atoms with Crippen molar-refractivity contribution in [3.05, 3.63) is 93.7 Å². The predicted octanol–water partition coefficient (Wildman–Crippen LogP) is 5.16. The Morgan fingerprint density at radius 2 is 1.97 bits per heavy atom. The summed E-state index contributed by atoms with van der Waals surface area (Å²) in [4.78, 5) is 12.8. The van der Waals surface area contributed by atoms with E-state index in [1.165, 1.54) is 24.3 Å². The fraction of sp³-hybridized carbons (Fsp3) is 0.174. The molecule has 2 heterocycles. The van der Waals surface area contributed by atoms with Crippen LogP contribution in [0.4, 0.5) is 10.2 Å². The van der Waals surface area contributed by atoms with Crippen molar-refractivity contribution >= 4 is 23.3 Å². The van der Waals surface area contributed by atoms with Crippen molar-refractivity contribution in [3.8, 4) is 5.75 Å². The molecule has 0 fully saturated rings. The van der Waals surface area contributed by atoms with Crippen molar-refractivity contribution in [2.24, 2.45) is 0 Å². The number of hydrogen-bond donors (Lipinski definition) is 1. The Labute approximate surface area is 188 Å². The van der Waals surface area contributed by atoms with E-state index in [0.29, 0.717) is 34.5 Å². The highest BCUT2D eigenvalue weighted by Gasteiger charge is 2.21. The lowest BCUT2D eigenvalue weighted by molar-refractivity contribution is 0.101. The van der Waals surface area contributed by atoms with Crippen molar-refractivity contribution in [2.45, 2.75) is 27.0 Å². The number of ether oxygens (including phenoxy) is 1. The topological polar surface area (TPSA) is 82.2 Å². The lowest BCUT2D eigenvalue weighted by Crippen LogP contribution is -2.16. The van der Waals surface area contributed by atoms with E-state index in [-0.39, 0.29) is 18.1 Å². The molecular weight excluding hydrogens is 435 g/mol. The number of nitrogens with zero attached hydrogens (tertiary/aromatic N) is 3. The van der Waals surface area contributed by atoms with Gasteiger partial charge in [0.25, 0.3) is 5.91 Å². The summed E-state index contributed by atoms with van der Waals surface area (Å²) in [6.45, 7) is 4.15. The number of anilines is 1. The summed E-state index contributed by atoms with van der Waals surface area (Å²) < 4.78 is 25.7. The number of amides is 1. The molecule has 0 bridgehead atoms. The smallest absolute Gasteiger partial charge is 0.279 e. The molecule has 0 atom stereocenters. The van der Waals surface area contributed by atoms with Gasteiger partial charge in [0.1, 0.15) is 23.9 Å². The molecule has 32 heavy (non-hydrogen) atoms. The molecule has 4 rings (SSSR count). The molecule has 0 aliphatic rings. The zero-order valence-corrected chi connectivity index (χ0v) is 18.2. The molecule has 0 spiro atoms. The summed E-state index contributed by atoms with van der Waals surface area (Å²) in [7, 11) is 0. The van der Waals surface area contributed by atoms with E-state index in [2.05, 4.69) is 15.6 Å². The van der Waals surface area contributed by atoms with Gasteiger partial charge in [-0.15, -0.1) is 0 Å². The van der Waals surface area contributed by atoms with Gasteiger partial charge in [0.15, 0.2) is 11.5 Å². The lowest BCUT2D eigenvalue weighted by Gasteiger charge is -2.07. The highest BCUT2D eigenvalue weighted by atomic mass is 35.5. The van der Waals surface area contributed by atoms with E-state index >= 15 is 0 Å². The second-order valence-electron chi connectivity index (χ2n) is 7.22. The first kappa shape index (κ1) is 21.6. The lowest BCUT2D eigenvalue weighted by atomic mass is 10.2. The SMILES string of the molecule is Cc1onc(C(=O)Nc2cc(C)n(Cc3cccc(Cl)c3)n2)c1COc1ccc(F)cc1. The van der Waals surface area contributed by atoms with Gasteiger partial charge in [0.05, 0.1) is 12.1 Å². The van der Waals surface area contributed by atoms with Crippen LogP contribution in [0.15, 0.2) is 59.1 Å². The van der Waals surface area contributed by atoms with Gasteiger partial charge in [-0.25, -0.2) is 4.39 Å². The van der Waals surface area contributed by atoms with Crippen molar-refractivity contribution in [3.63, 3.8) is 0 Å². The first-order valence-corrected chi connectivity index (χ1v) is 10.2. The Hall–Kier alpha value is -3.65. The standard InChI is InChI=1S/C23H20ClFN4O3/c1-14-10-21(27-29(14)12-16-4-3-5-17(24)11-16)26-23(30)22-20(15(2)32-28-22)13-31-19-8-6-18(25)7-9-19/h3-11H,12-13H2,1-2H3,(H,26,27,30). The maximum Gasteiger partial charge on any atom is 0.279 e. The van der Waals surface area contributed by atoms with Gasteiger partial charge in [-0.05, 0) is 55.8 Å². The van der Waals surface area contributed by atoms with Crippen LogP contribution in [0.5, 0.6) is 5.75 Å². The van der Waals surface area contributed by atoms with Crippen LogP contribution in [-0.4, -0.2) is 20.8 Å². The number of carbonyl (C=O) groups excluding carboxylic acids is 1. The molecule has 0 saturated heterocycles. The summed E-state index contributed by atoms with van der Waals surface area (Å²) >= 11 is 6.05. The molecule has 2 aromatic heterocycles. The molecule has 164 valence electrons. The maximum absolute atomic E-state index is 13.1. The molecule has 0 radical (unpaired) electrons. The van der Waals surface area contributed by atoms with Crippen molar-refractivity contribution < 1.29 is 18.4 Å². The van der Waals surface area contributed by atoms with Gasteiger partial charge < -0.3 is 14.6 Å². The molecule has 0 aliphatic carbocycles. The second kappa shape index (κ2) is 9.23. The van der Waals surface area contributed by atoms with Crippen molar-refractivity contribution in [2.75, 3.05) is 5.32 Å². The maximum atomic E-state index is 13.1.